The highest BCUT2D eigenvalue weighted by molar-refractivity contribution is 5.25. The zero-order chi connectivity index (χ0) is 11.2. The lowest BCUT2D eigenvalue weighted by molar-refractivity contribution is 0.300. The summed E-state index contributed by atoms with van der Waals surface area (Å²) in [5.74, 6) is 4.04. The second kappa shape index (κ2) is 2.31. The Morgan fingerprint density at radius 1 is 0.933 bits per heavy atom. The SMILES string of the molecule is CC1CC1(C)C1C(C)C1(C)C1CC1(C)C. The normalized spacial score (nSPS) is 65.2. The first-order valence-electron chi connectivity index (χ1n) is 6.74. The van der Waals surface area contributed by atoms with E-state index in [9.17, 15) is 0 Å². The van der Waals surface area contributed by atoms with Gasteiger partial charge in [0.05, 0.1) is 0 Å². The second-order valence-electron chi connectivity index (χ2n) is 7.99. The Morgan fingerprint density at radius 2 is 1.40 bits per heavy atom. The summed E-state index contributed by atoms with van der Waals surface area (Å²) in [5, 5.41) is 0. The molecule has 0 aromatic rings. The maximum atomic E-state index is 2.58. The van der Waals surface area contributed by atoms with Crippen LogP contribution in [0, 0.1) is 39.9 Å². The van der Waals surface area contributed by atoms with Crippen LogP contribution in [0.25, 0.3) is 0 Å². The standard InChI is InChI=1S/C15H26/c1-9-7-14(9,5)12-10(2)15(12,6)11-8-13(11,3)4/h9-12H,7-8H2,1-6H3. The van der Waals surface area contributed by atoms with Gasteiger partial charge < -0.3 is 0 Å². The van der Waals surface area contributed by atoms with Crippen molar-refractivity contribution in [2.24, 2.45) is 39.9 Å². The third kappa shape index (κ3) is 1.04. The fraction of sp³-hybridized carbons (Fsp3) is 1.00. The van der Waals surface area contributed by atoms with Crippen LogP contribution in [0.4, 0.5) is 0 Å². The Balaban J connectivity index is 1.80. The van der Waals surface area contributed by atoms with Crippen molar-refractivity contribution < 1.29 is 0 Å². The quantitative estimate of drug-likeness (QED) is 0.630. The van der Waals surface area contributed by atoms with E-state index in [1.54, 1.807) is 0 Å². The molecule has 15 heavy (non-hydrogen) atoms. The molecule has 0 heteroatoms. The van der Waals surface area contributed by atoms with Gasteiger partial charge in [-0.15, -0.1) is 0 Å². The average molecular weight is 206 g/mol. The first-order chi connectivity index (χ1) is 6.74. The molecule has 0 radical (unpaired) electrons. The molecule has 3 aliphatic carbocycles. The van der Waals surface area contributed by atoms with E-state index in [1.165, 1.54) is 12.8 Å². The lowest BCUT2D eigenvalue weighted by Gasteiger charge is -2.17. The van der Waals surface area contributed by atoms with E-state index < -0.39 is 0 Å². The summed E-state index contributed by atoms with van der Waals surface area (Å²) in [6, 6.07) is 0. The molecule has 86 valence electrons. The molecule has 0 aromatic heterocycles. The number of hydrogen-bond donors (Lipinski definition) is 0. The smallest absolute Gasteiger partial charge is 0.0227 e. The summed E-state index contributed by atoms with van der Waals surface area (Å²) in [5.41, 5.74) is 2.07. The molecule has 6 atom stereocenters. The molecule has 6 unspecified atom stereocenters. The first-order valence-corrected chi connectivity index (χ1v) is 6.74. The molecular formula is C15H26. The van der Waals surface area contributed by atoms with Crippen LogP contribution in [-0.4, -0.2) is 0 Å². The van der Waals surface area contributed by atoms with Crippen molar-refractivity contribution in [1.29, 1.82) is 0 Å². The predicted molar refractivity (Wildman–Crippen MR) is 64.5 cm³/mol. The van der Waals surface area contributed by atoms with Gasteiger partial charge in [0, 0.05) is 0 Å². The van der Waals surface area contributed by atoms with Crippen LogP contribution in [0.2, 0.25) is 0 Å². The van der Waals surface area contributed by atoms with E-state index in [0.717, 1.165) is 23.7 Å². The van der Waals surface area contributed by atoms with E-state index in [2.05, 4.69) is 41.5 Å². The molecule has 3 fully saturated rings. The van der Waals surface area contributed by atoms with Crippen LogP contribution in [0.3, 0.4) is 0 Å². The Bertz CT molecular complexity index is 316. The van der Waals surface area contributed by atoms with Crippen molar-refractivity contribution in [2.45, 2.75) is 54.4 Å². The van der Waals surface area contributed by atoms with Crippen LogP contribution in [0.1, 0.15) is 54.4 Å². The van der Waals surface area contributed by atoms with Gasteiger partial charge in [-0.2, -0.15) is 0 Å². The molecule has 0 saturated heterocycles. The van der Waals surface area contributed by atoms with Crippen LogP contribution in [0.15, 0.2) is 0 Å². The molecule has 0 nitrogen and oxygen atoms in total. The van der Waals surface area contributed by atoms with Gasteiger partial charge in [-0.1, -0.05) is 41.5 Å². The van der Waals surface area contributed by atoms with E-state index in [-0.39, 0.29) is 0 Å². The fourth-order valence-electron chi connectivity index (χ4n) is 5.13. The molecular weight excluding hydrogens is 180 g/mol. The lowest BCUT2D eigenvalue weighted by atomic mass is 9.87. The topological polar surface area (TPSA) is 0 Å². The molecule has 3 saturated carbocycles. The van der Waals surface area contributed by atoms with Gasteiger partial charge in [-0.05, 0) is 52.8 Å². The summed E-state index contributed by atoms with van der Waals surface area (Å²) in [6.07, 6.45) is 2.97. The van der Waals surface area contributed by atoms with Gasteiger partial charge in [0.1, 0.15) is 0 Å². The van der Waals surface area contributed by atoms with Gasteiger partial charge in [-0.3, -0.25) is 0 Å². The van der Waals surface area contributed by atoms with Crippen LogP contribution in [0.5, 0.6) is 0 Å². The van der Waals surface area contributed by atoms with Crippen molar-refractivity contribution in [2.75, 3.05) is 0 Å². The summed E-state index contributed by atoms with van der Waals surface area (Å²) >= 11 is 0. The third-order valence-electron chi connectivity index (χ3n) is 6.73. The van der Waals surface area contributed by atoms with Gasteiger partial charge in [0.2, 0.25) is 0 Å². The van der Waals surface area contributed by atoms with Crippen molar-refractivity contribution in [3.63, 3.8) is 0 Å². The molecule has 0 spiro atoms. The molecule has 0 N–H and O–H groups in total. The third-order valence-corrected chi connectivity index (χ3v) is 6.73. The minimum atomic E-state index is 0.659. The number of rotatable bonds is 2. The summed E-state index contributed by atoms with van der Waals surface area (Å²) in [4.78, 5) is 0. The van der Waals surface area contributed by atoms with Crippen LogP contribution >= 0.6 is 0 Å². The fourth-order valence-corrected chi connectivity index (χ4v) is 5.13. The molecule has 0 amide bonds. The highest BCUT2D eigenvalue weighted by atomic mass is 14.8. The summed E-state index contributed by atoms with van der Waals surface area (Å²) in [7, 11) is 0. The van der Waals surface area contributed by atoms with E-state index in [1.807, 2.05) is 0 Å². The summed E-state index contributed by atoms with van der Waals surface area (Å²) in [6.45, 7) is 15.0. The second-order valence-corrected chi connectivity index (χ2v) is 7.99. The van der Waals surface area contributed by atoms with Crippen molar-refractivity contribution in [1.82, 2.24) is 0 Å². The highest BCUT2D eigenvalue weighted by Gasteiger charge is 2.77. The maximum absolute atomic E-state index is 2.58. The van der Waals surface area contributed by atoms with Crippen LogP contribution < -0.4 is 0 Å². The molecule has 0 aromatic carbocycles. The van der Waals surface area contributed by atoms with Gasteiger partial charge in [-0.25, -0.2) is 0 Å². The largest absolute Gasteiger partial charge is 0.0620 e. The Labute approximate surface area is 94.8 Å². The monoisotopic (exact) mass is 206 g/mol. The first kappa shape index (κ1) is 10.2. The zero-order valence-corrected chi connectivity index (χ0v) is 11.2. The number of hydrogen-bond acceptors (Lipinski definition) is 0. The predicted octanol–water partition coefficient (Wildman–Crippen LogP) is 4.35. The van der Waals surface area contributed by atoms with E-state index >= 15 is 0 Å². The van der Waals surface area contributed by atoms with Gasteiger partial charge in [0.25, 0.3) is 0 Å². The van der Waals surface area contributed by atoms with Crippen molar-refractivity contribution in [3.8, 4) is 0 Å². The molecule has 0 aliphatic heterocycles. The van der Waals surface area contributed by atoms with Gasteiger partial charge in [0.15, 0.2) is 0 Å². The van der Waals surface area contributed by atoms with E-state index in [0.29, 0.717) is 16.2 Å². The van der Waals surface area contributed by atoms with Crippen molar-refractivity contribution >= 4 is 0 Å². The average Bonchev–Trinajstić information content (AvgIpc) is 2.98. The molecule has 3 aliphatic rings. The maximum Gasteiger partial charge on any atom is -0.0227 e. The van der Waals surface area contributed by atoms with Crippen LogP contribution in [-0.2, 0) is 0 Å². The zero-order valence-electron chi connectivity index (χ0n) is 11.2. The Morgan fingerprint density at radius 3 is 1.73 bits per heavy atom. The molecule has 0 heterocycles. The molecule has 0 bridgehead atoms. The summed E-state index contributed by atoms with van der Waals surface area (Å²) < 4.78 is 0. The minimum Gasteiger partial charge on any atom is -0.0620 e. The highest BCUT2D eigenvalue weighted by Crippen LogP contribution is 2.83. The Hall–Kier alpha value is 0. The molecule has 3 rings (SSSR count). The minimum absolute atomic E-state index is 0.659. The Kier molecular flexibility index (Phi) is 1.57. The van der Waals surface area contributed by atoms with Gasteiger partial charge >= 0.3 is 0 Å². The van der Waals surface area contributed by atoms with Crippen molar-refractivity contribution in [3.05, 3.63) is 0 Å². The van der Waals surface area contributed by atoms with E-state index in [4.69, 9.17) is 0 Å². The lowest BCUT2D eigenvalue weighted by Crippen LogP contribution is -2.12.